The molecule has 7 nitrogen and oxygen atoms in total. The monoisotopic (exact) mass is 373 g/mol. The quantitative estimate of drug-likeness (QED) is 0.421. The maximum absolute atomic E-state index is 4.70. The first-order valence-electron chi connectivity index (χ1n) is 8.40. The number of rotatable bonds is 4. The molecule has 1 aromatic carbocycles. The summed E-state index contributed by atoms with van der Waals surface area (Å²) in [5.41, 5.74) is 4.62. The molecule has 4 heterocycles. The van der Waals surface area contributed by atoms with Crippen LogP contribution in [0.4, 0.5) is 23.1 Å². The number of benzene rings is 1. The number of nitrogens with zero attached hydrogens (tertiary/aromatic N) is 4. The van der Waals surface area contributed by atoms with Crippen LogP contribution in [-0.2, 0) is 0 Å². The Balaban J connectivity index is 1.54. The van der Waals surface area contributed by atoms with Crippen LogP contribution in [0, 0.1) is 6.92 Å². The van der Waals surface area contributed by atoms with Gasteiger partial charge in [0.2, 0.25) is 5.95 Å². The van der Waals surface area contributed by atoms with Gasteiger partial charge in [-0.2, -0.15) is 10.1 Å². The molecule has 0 saturated carbocycles. The number of pyridine rings is 1. The number of anilines is 4. The van der Waals surface area contributed by atoms with Crippen molar-refractivity contribution in [2.45, 2.75) is 6.92 Å². The average Bonchev–Trinajstić information content (AvgIpc) is 3.32. The lowest BCUT2D eigenvalue weighted by molar-refractivity contribution is 1.12. The second kappa shape index (κ2) is 6.33. The fourth-order valence-corrected chi connectivity index (χ4v) is 3.67. The minimum atomic E-state index is 0.531. The van der Waals surface area contributed by atoms with Crippen LogP contribution in [-0.4, -0.2) is 25.1 Å². The Kier molecular flexibility index (Phi) is 3.68. The van der Waals surface area contributed by atoms with Gasteiger partial charge in [-0.3, -0.25) is 10.1 Å². The van der Waals surface area contributed by atoms with Crippen LogP contribution < -0.4 is 10.6 Å². The van der Waals surface area contributed by atoms with Gasteiger partial charge in [0.25, 0.3) is 0 Å². The van der Waals surface area contributed by atoms with E-state index in [1.165, 1.54) is 0 Å². The maximum atomic E-state index is 4.70. The summed E-state index contributed by atoms with van der Waals surface area (Å²) >= 11 is 1.61. The van der Waals surface area contributed by atoms with Crippen LogP contribution in [0.5, 0.6) is 0 Å². The lowest BCUT2D eigenvalue weighted by Crippen LogP contribution is -2.02. The Morgan fingerprint density at radius 3 is 2.96 bits per heavy atom. The second-order valence-electron chi connectivity index (χ2n) is 6.09. The molecular formula is C19H15N7S. The molecule has 0 aliphatic heterocycles. The Morgan fingerprint density at radius 1 is 1.07 bits per heavy atom. The van der Waals surface area contributed by atoms with Crippen LogP contribution in [0.1, 0.15) is 5.69 Å². The largest absolute Gasteiger partial charge is 0.339 e. The molecule has 0 aliphatic rings. The van der Waals surface area contributed by atoms with Crippen molar-refractivity contribution < 1.29 is 0 Å². The summed E-state index contributed by atoms with van der Waals surface area (Å²) in [6.45, 7) is 1.95. The van der Waals surface area contributed by atoms with Crippen LogP contribution in [0.15, 0.2) is 54.2 Å². The van der Waals surface area contributed by atoms with Crippen molar-refractivity contribution in [1.82, 2.24) is 25.1 Å². The minimum absolute atomic E-state index is 0.531. The number of aromatic nitrogens is 5. The van der Waals surface area contributed by atoms with Gasteiger partial charge in [0.05, 0.1) is 33.3 Å². The molecule has 0 atom stereocenters. The molecule has 5 rings (SSSR count). The summed E-state index contributed by atoms with van der Waals surface area (Å²) in [6.07, 6.45) is 3.57. The molecule has 132 valence electrons. The molecule has 0 aliphatic carbocycles. The fourth-order valence-electron chi connectivity index (χ4n) is 2.90. The summed E-state index contributed by atoms with van der Waals surface area (Å²) < 4.78 is 1.01. The molecule has 0 radical (unpaired) electrons. The highest BCUT2D eigenvalue weighted by Gasteiger charge is 2.11. The van der Waals surface area contributed by atoms with Crippen molar-refractivity contribution in [3.05, 3.63) is 59.9 Å². The SMILES string of the molecule is Cc1ncccc1Nc1nc(Nc2ccc3[nH]ncc3c2)c2sccc2n1. The smallest absolute Gasteiger partial charge is 0.229 e. The Hall–Kier alpha value is -3.52. The van der Waals surface area contributed by atoms with Crippen molar-refractivity contribution in [3.8, 4) is 0 Å². The predicted octanol–water partition coefficient (Wildman–Crippen LogP) is 4.76. The van der Waals surface area contributed by atoms with E-state index in [0.29, 0.717) is 5.95 Å². The molecule has 27 heavy (non-hydrogen) atoms. The topological polar surface area (TPSA) is 91.4 Å². The number of hydrogen-bond acceptors (Lipinski definition) is 7. The molecule has 0 amide bonds. The third-order valence-corrected chi connectivity index (χ3v) is 5.17. The highest BCUT2D eigenvalue weighted by atomic mass is 32.1. The molecular weight excluding hydrogens is 358 g/mol. The Bertz CT molecular complexity index is 1260. The molecule has 0 spiro atoms. The highest BCUT2D eigenvalue weighted by Crippen LogP contribution is 2.31. The first-order chi connectivity index (χ1) is 13.3. The lowest BCUT2D eigenvalue weighted by atomic mass is 10.2. The molecule has 4 aromatic heterocycles. The third-order valence-electron chi connectivity index (χ3n) is 4.26. The summed E-state index contributed by atoms with van der Waals surface area (Å²) in [5.74, 6) is 1.30. The van der Waals surface area contributed by atoms with Crippen molar-refractivity contribution >= 4 is 55.6 Å². The van der Waals surface area contributed by atoms with E-state index in [0.717, 1.165) is 44.0 Å². The van der Waals surface area contributed by atoms with Gasteiger partial charge in [-0.05, 0) is 48.7 Å². The second-order valence-corrected chi connectivity index (χ2v) is 7.01. The number of thiophene rings is 1. The van der Waals surface area contributed by atoms with Gasteiger partial charge in [-0.1, -0.05) is 0 Å². The zero-order valence-electron chi connectivity index (χ0n) is 14.4. The van der Waals surface area contributed by atoms with Gasteiger partial charge < -0.3 is 10.6 Å². The van der Waals surface area contributed by atoms with Gasteiger partial charge in [0, 0.05) is 17.3 Å². The normalized spacial score (nSPS) is 11.1. The lowest BCUT2D eigenvalue weighted by Gasteiger charge is -2.11. The van der Waals surface area contributed by atoms with Crippen LogP contribution in [0.25, 0.3) is 21.1 Å². The van der Waals surface area contributed by atoms with Crippen LogP contribution in [0.3, 0.4) is 0 Å². The first kappa shape index (κ1) is 15.7. The molecule has 0 bridgehead atoms. The molecule has 0 unspecified atom stereocenters. The van der Waals surface area contributed by atoms with Gasteiger partial charge in [0.15, 0.2) is 5.82 Å². The van der Waals surface area contributed by atoms with E-state index in [4.69, 9.17) is 4.98 Å². The van der Waals surface area contributed by atoms with E-state index in [1.807, 2.05) is 48.7 Å². The van der Waals surface area contributed by atoms with Gasteiger partial charge in [-0.15, -0.1) is 11.3 Å². The number of hydrogen-bond donors (Lipinski definition) is 3. The molecule has 5 aromatic rings. The van der Waals surface area contributed by atoms with Gasteiger partial charge in [-0.25, -0.2) is 4.98 Å². The van der Waals surface area contributed by atoms with Crippen LogP contribution in [0.2, 0.25) is 0 Å². The standard InChI is InChI=1S/C19H15N7S/c1-11-14(3-2-7-20-11)23-19-24-16-6-8-27-17(16)18(25-19)22-13-4-5-15-12(9-13)10-21-26-15/h2-10H,1H3,(H,21,26)(H2,22,23,24,25). The fraction of sp³-hybridized carbons (Fsp3) is 0.0526. The van der Waals surface area contributed by atoms with E-state index in [1.54, 1.807) is 23.7 Å². The first-order valence-corrected chi connectivity index (χ1v) is 9.28. The Morgan fingerprint density at radius 2 is 2.04 bits per heavy atom. The average molecular weight is 373 g/mol. The summed E-state index contributed by atoms with van der Waals surface area (Å²) in [5, 5.41) is 16.8. The van der Waals surface area contributed by atoms with Gasteiger partial charge >= 0.3 is 0 Å². The molecule has 3 N–H and O–H groups in total. The number of fused-ring (bicyclic) bond motifs is 2. The Labute approximate surface area is 158 Å². The van der Waals surface area contributed by atoms with E-state index in [2.05, 4.69) is 30.8 Å². The summed E-state index contributed by atoms with van der Waals surface area (Å²) in [7, 11) is 0. The van der Waals surface area contributed by atoms with Gasteiger partial charge in [0.1, 0.15) is 0 Å². The van der Waals surface area contributed by atoms with E-state index in [9.17, 15) is 0 Å². The maximum Gasteiger partial charge on any atom is 0.229 e. The highest BCUT2D eigenvalue weighted by molar-refractivity contribution is 7.17. The van der Waals surface area contributed by atoms with Crippen molar-refractivity contribution in [2.24, 2.45) is 0 Å². The third kappa shape index (κ3) is 2.96. The number of nitrogens with one attached hydrogen (secondary N) is 3. The van der Waals surface area contributed by atoms with Crippen molar-refractivity contribution in [2.75, 3.05) is 10.6 Å². The van der Waals surface area contributed by atoms with Crippen LogP contribution >= 0.6 is 11.3 Å². The number of aryl methyl sites for hydroxylation is 1. The van der Waals surface area contributed by atoms with E-state index < -0.39 is 0 Å². The zero-order chi connectivity index (χ0) is 18.2. The molecule has 0 fully saturated rings. The zero-order valence-corrected chi connectivity index (χ0v) is 15.2. The predicted molar refractivity (Wildman–Crippen MR) is 109 cm³/mol. The summed E-state index contributed by atoms with van der Waals surface area (Å²) in [6, 6.07) is 11.9. The molecule has 0 saturated heterocycles. The van der Waals surface area contributed by atoms with E-state index in [-0.39, 0.29) is 0 Å². The number of aromatic amines is 1. The summed E-state index contributed by atoms with van der Waals surface area (Å²) in [4.78, 5) is 13.6. The minimum Gasteiger partial charge on any atom is -0.339 e. The molecule has 8 heteroatoms. The number of H-pyrrole nitrogens is 1. The van der Waals surface area contributed by atoms with E-state index >= 15 is 0 Å². The van der Waals surface area contributed by atoms with Crippen molar-refractivity contribution in [3.63, 3.8) is 0 Å². The van der Waals surface area contributed by atoms with Crippen molar-refractivity contribution in [1.29, 1.82) is 0 Å².